The molecule has 0 bridgehead atoms. The Morgan fingerprint density at radius 1 is 0.781 bits per heavy atom. The Morgan fingerprint density at radius 2 is 1.34 bits per heavy atom. The Morgan fingerprint density at radius 3 is 1.94 bits per heavy atom. The van der Waals surface area contributed by atoms with E-state index in [1.807, 2.05) is 6.08 Å². The summed E-state index contributed by atoms with van der Waals surface area (Å²) in [4.78, 5) is 0. The lowest BCUT2D eigenvalue weighted by Crippen LogP contribution is -2.13. The van der Waals surface area contributed by atoms with Gasteiger partial charge < -0.3 is 4.74 Å². The predicted molar refractivity (Wildman–Crippen MR) is 131 cm³/mol. The average molecular weight is 441 g/mol. The Labute approximate surface area is 192 Å². The van der Waals surface area contributed by atoms with Crippen LogP contribution in [0.25, 0.3) is 12.2 Å². The fourth-order valence-electron chi connectivity index (χ4n) is 4.83. The molecule has 2 aromatic carbocycles. The zero-order chi connectivity index (χ0) is 22.6. The normalized spacial score (nSPS) is 19.0. The summed E-state index contributed by atoms with van der Waals surface area (Å²) in [6.45, 7) is -0.508. The molecule has 1 aliphatic carbocycles. The summed E-state index contributed by atoms with van der Waals surface area (Å²) in [6.07, 6.45) is 19.3. The highest BCUT2D eigenvalue weighted by Crippen LogP contribution is 2.38. The first kappa shape index (κ1) is 24.5. The first-order valence-corrected chi connectivity index (χ1v) is 12.5. The van der Waals surface area contributed by atoms with Crippen LogP contribution in [0, 0.1) is 5.92 Å². The van der Waals surface area contributed by atoms with E-state index >= 15 is 0 Å². The molecule has 0 radical (unpaired) electrons. The molecule has 1 aliphatic rings. The van der Waals surface area contributed by atoms with Crippen LogP contribution in [0.5, 0.6) is 5.75 Å². The zero-order valence-corrected chi connectivity index (χ0v) is 19.4. The molecule has 0 aliphatic heterocycles. The number of hydrogen-bond acceptors (Lipinski definition) is 1. The van der Waals surface area contributed by atoms with Crippen LogP contribution >= 0.6 is 0 Å². The number of halogens is 2. The van der Waals surface area contributed by atoms with Crippen molar-refractivity contribution < 1.29 is 13.5 Å². The summed E-state index contributed by atoms with van der Waals surface area (Å²) in [6, 6.07) is 15.6. The molecule has 0 saturated heterocycles. The average Bonchev–Trinajstić information content (AvgIpc) is 2.81. The maximum Gasteiger partial charge on any atom is 0.387 e. The fourth-order valence-corrected chi connectivity index (χ4v) is 4.83. The van der Waals surface area contributed by atoms with E-state index in [0.717, 1.165) is 17.0 Å². The van der Waals surface area contributed by atoms with E-state index in [2.05, 4.69) is 42.0 Å². The molecule has 3 rings (SSSR count). The van der Waals surface area contributed by atoms with Crippen molar-refractivity contribution in [1.29, 1.82) is 0 Å². The van der Waals surface area contributed by atoms with Crippen LogP contribution in [0.3, 0.4) is 0 Å². The molecular formula is C29H38F2O. The first-order valence-electron chi connectivity index (χ1n) is 12.5. The van der Waals surface area contributed by atoms with Crippen LogP contribution in [-0.4, -0.2) is 6.61 Å². The molecule has 0 amide bonds. The van der Waals surface area contributed by atoms with Crippen molar-refractivity contribution in [1.82, 2.24) is 0 Å². The second-order valence-electron chi connectivity index (χ2n) is 9.22. The lowest BCUT2D eigenvalue weighted by Gasteiger charge is -2.29. The predicted octanol–water partition coefficient (Wildman–Crippen LogP) is 9.48. The summed E-state index contributed by atoms with van der Waals surface area (Å²) in [7, 11) is 0. The molecule has 0 heterocycles. The van der Waals surface area contributed by atoms with Crippen molar-refractivity contribution in [2.45, 2.75) is 90.1 Å². The SMILES string of the molecule is CCCCCCCC[C@H]1CC[C@H](c2ccc(C=Cc3ccc(OC(F)F)cc3)cc2)CC1. The Balaban J connectivity index is 1.40. The van der Waals surface area contributed by atoms with Gasteiger partial charge in [-0.1, -0.05) is 100 Å². The maximum atomic E-state index is 12.2. The minimum Gasteiger partial charge on any atom is -0.435 e. The molecule has 32 heavy (non-hydrogen) atoms. The second-order valence-corrected chi connectivity index (χ2v) is 9.22. The third kappa shape index (κ3) is 8.41. The van der Waals surface area contributed by atoms with E-state index in [0.29, 0.717) is 5.92 Å². The molecule has 3 heteroatoms. The zero-order valence-electron chi connectivity index (χ0n) is 19.4. The monoisotopic (exact) mass is 440 g/mol. The van der Waals surface area contributed by atoms with Gasteiger partial charge in [0.2, 0.25) is 0 Å². The third-order valence-corrected chi connectivity index (χ3v) is 6.79. The molecule has 0 unspecified atom stereocenters. The van der Waals surface area contributed by atoms with Gasteiger partial charge in [0.1, 0.15) is 5.75 Å². The van der Waals surface area contributed by atoms with E-state index in [4.69, 9.17) is 0 Å². The Kier molecular flexibility index (Phi) is 10.3. The maximum absolute atomic E-state index is 12.2. The summed E-state index contributed by atoms with van der Waals surface area (Å²) in [5.41, 5.74) is 3.58. The highest BCUT2D eigenvalue weighted by atomic mass is 19.3. The quantitative estimate of drug-likeness (QED) is 0.236. The molecule has 0 aromatic heterocycles. The smallest absolute Gasteiger partial charge is 0.387 e. The second kappa shape index (κ2) is 13.4. The summed E-state index contributed by atoms with van der Waals surface area (Å²) in [5, 5.41) is 0. The van der Waals surface area contributed by atoms with E-state index in [1.54, 1.807) is 24.3 Å². The van der Waals surface area contributed by atoms with E-state index in [-0.39, 0.29) is 5.75 Å². The highest BCUT2D eigenvalue weighted by Gasteiger charge is 2.21. The van der Waals surface area contributed by atoms with Crippen molar-refractivity contribution in [2.24, 2.45) is 5.92 Å². The minimum absolute atomic E-state index is 0.184. The van der Waals surface area contributed by atoms with Gasteiger partial charge in [0.05, 0.1) is 0 Å². The van der Waals surface area contributed by atoms with Gasteiger partial charge >= 0.3 is 6.61 Å². The largest absolute Gasteiger partial charge is 0.435 e. The number of benzene rings is 2. The molecule has 2 aromatic rings. The van der Waals surface area contributed by atoms with E-state index in [1.165, 1.54) is 76.2 Å². The number of unbranched alkanes of at least 4 members (excludes halogenated alkanes) is 5. The molecule has 1 saturated carbocycles. The summed E-state index contributed by atoms with van der Waals surface area (Å²) in [5.74, 6) is 1.83. The van der Waals surface area contributed by atoms with Gasteiger partial charge in [0.15, 0.2) is 0 Å². The van der Waals surface area contributed by atoms with Gasteiger partial charge in [-0.15, -0.1) is 0 Å². The van der Waals surface area contributed by atoms with Gasteiger partial charge in [-0.25, -0.2) is 0 Å². The molecule has 0 N–H and O–H groups in total. The lowest BCUT2D eigenvalue weighted by atomic mass is 9.77. The van der Waals surface area contributed by atoms with Crippen LogP contribution in [0.15, 0.2) is 48.5 Å². The fraction of sp³-hybridized carbons (Fsp3) is 0.517. The molecule has 1 nitrogen and oxygen atoms in total. The summed E-state index contributed by atoms with van der Waals surface area (Å²) >= 11 is 0. The van der Waals surface area contributed by atoms with Gasteiger partial charge in [-0.3, -0.25) is 0 Å². The van der Waals surface area contributed by atoms with Gasteiger partial charge in [-0.05, 0) is 66.3 Å². The molecule has 0 spiro atoms. The number of alkyl halides is 2. The van der Waals surface area contributed by atoms with Crippen LogP contribution in [-0.2, 0) is 0 Å². The topological polar surface area (TPSA) is 9.23 Å². The van der Waals surface area contributed by atoms with Gasteiger partial charge in [0.25, 0.3) is 0 Å². The number of rotatable bonds is 12. The van der Waals surface area contributed by atoms with Crippen molar-refractivity contribution in [2.75, 3.05) is 0 Å². The lowest BCUT2D eigenvalue weighted by molar-refractivity contribution is -0.0498. The minimum atomic E-state index is -2.79. The standard InChI is InChI=1S/C29H38F2O/c1-2-3-4-5-6-7-8-23-11-17-26(18-12-23)27-19-13-24(14-20-27)9-10-25-15-21-28(22-16-25)32-29(30)31/h9-10,13-16,19-23,26,29H,2-8,11-12,17-18H2,1H3/t23-,26-. The Hall–Kier alpha value is -2.16. The van der Waals surface area contributed by atoms with Gasteiger partial charge in [0, 0.05) is 0 Å². The van der Waals surface area contributed by atoms with Crippen LogP contribution < -0.4 is 4.74 Å². The number of hydrogen-bond donors (Lipinski definition) is 0. The van der Waals surface area contributed by atoms with Crippen molar-refractivity contribution >= 4 is 12.2 Å². The molecule has 1 fully saturated rings. The first-order chi connectivity index (χ1) is 15.6. The number of ether oxygens (including phenoxy) is 1. The summed E-state index contributed by atoms with van der Waals surface area (Å²) < 4.78 is 28.9. The molecular weight excluding hydrogens is 402 g/mol. The van der Waals surface area contributed by atoms with Crippen molar-refractivity contribution in [3.8, 4) is 5.75 Å². The van der Waals surface area contributed by atoms with E-state index < -0.39 is 6.61 Å². The third-order valence-electron chi connectivity index (χ3n) is 6.79. The van der Waals surface area contributed by atoms with Crippen molar-refractivity contribution in [3.63, 3.8) is 0 Å². The van der Waals surface area contributed by atoms with Crippen LogP contribution in [0.2, 0.25) is 0 Å². The molecule has 0 atom stereocenters. The van der Waals surface area contributed by atoms with Crippen LogP contribution in [0.4, 0.5) is 8.78 Å². The van der Waals surface area contributed by atoms with E-state index in [9.17, 15) is 8.78 Å². The Bertz CT molecular complexity index is 787. The van der Waals surface area contributed by atoms with Gasteiger partial charge in [-0.2, -0.15) is 8.78 Å². The van der Waals surface area contributed by atoms with Crippen LogP contribution in [0.1, 0.15) is 100 Å². The highest BCUT2D eigenvalue weighted by molar-refractivity contribution is 5.69. The molecule has 174 valence electrons. The van der Waals surface area contributed by atoms with Crippen molar-refractivity contribution in [3.05, 3.63) is 65.2 Å².